The van der Waals surface area contributed by atoms with Crippen LogP contribution < -0.4 is 5.32 Å². The van der Waals surface area contributed by atoms with E-state index in [2.05, 4.69) is 24.1 Å². The number of nitrogens with zero attached hydrogens (tertiary/aromatic N) is 2. The van der Waals surface area contributed by atoms with E-state index in [4.69, 9.17) is 4.74 Å². The van der Waals surface area contributed by atoms with E-state index in [9.17, 15) is 19.7 Å². The van der Waals surface area contributed by atoms with E-state index in [-0.39, 0.29) is 11.6 Å². The van der Waals surface area contributed by atoms with Gasteiger partial charge < -0.3 is 10.1 Å². The third-order valence-electron chi connectivity index (χ3n) is 4.72. The van der Waals surface area contributed by atoms with Crippen molar-refractivity contribution in [2.24, 2.45) is 0 Å². The van der Waals surface area contributed by atoms with Gasteiger partial charge in [0.1, 0.15) is 5.00 Å². The van der Waals surface area contributed by atoms with Gasteiger partial charge in [0.2, 0.25) is 5.91 Å². The third-order valence-corrected chi connectivity index (χ3v) is 6.86. The summed E-state index contributed by atoms with van der Waals surface area (Å²) in [6.45, 7) is 7.85. The average Bonchev–Trinajstić information content (AvgIpc) is 3.30. The molecule has 0 aliphatic carbocycles. The Morgan fingerprint density at radius 2 is 2.13 bits per heavy atom. The summed E-state index contributed by atoms with van der Waals surface area (Å²) in [7, 11) is 0. The Hall–Kier alpha value is -2.56. The lowest BCUT2D eigenvalue weighted by atomic mass is 10.0. The number of nitro groups is 1. The lowest BCUT2D eigenvalue weighted by Crippen LogP contribution is -2.35. The van der Waals surface area contributed by atoms with Gasteiger partial charge in [-0.2, -0.15) is 0 Å². The number of carbonyl (C=O) groups is 2. The Morgan fingerprint density at radius 3 is 2.77 bits per heavy atom. The van der Waals surface area contributed by atoms with Crippen molar-refractivity contribution < 1.29 is 19.2 Å². The predicted octanol–water partition coefficient (Wildman–Crippen LogP) is 4.31. The molecule has 0 spiro atoms. The molecule has 1 amide bonds. The number of rotatable bonds is 7. The van der Waals surface area contributed by atoms with Crippen LogP contribution in [0.3, 0.4) is 0 Å². The molecule has 2 aromatic heterocycles. The molecule has 2 aromatic rings. The Morgan fingerprint density at radius 1 is 1.37 bits per heavy atom. The van der Waals surface area contributed by atoms with Crippen LogP contribution >= 0.6 is 22.7 Å². The van der Waals surface area contributed by atoms with Gasteiger partial charge in [-0.25, -0.2) is 4.79 Å². The van der Waals surface area contributed by atoms with Gasteiger partial charge in [0.15, 0.2) is 0 Å². The standard InChI is InChI=1S/C20H23N3O5S2/c1-4-28-20(25)18-14-9-10-22(12(2)3)11-15(14)30-19(18)21-16(24)7-5-13-6-8-17(29-13)23(26)27/h5-8,12H,4,9-11H2,1-3H3,(H,21,24). The van der Waals surface area contributed by atoms with Crippen LogP contribution in [-0.4, -0.2) is 40.9 Å². The maximum Gasteiger partial charge on any atom is 0.341 e. The van der Waals surface area contributed by atoms with Crippen LogP contribution in [0, 0.1) is 10.1 Å². The van der Waals surface area contributed by atoms with Crippen molar-refractivity contribution >= 4 is 50.6 Å². The minimum absolute atomic E-state index is 0.0142. The maximum atomic E-state index is 12.6. The average molecular weight is 450 g/mol. The largest absolute Gasteiger partial charge is 0.462 e. The zero-order valence-corrected chi connectivity index (χ0v) is 18.6. The fourth-order valence-electron chi connectivity index (χ4n) is 3.21. The fourth-order valence-corrected chi connectivity index (χ4v) is 5.20. The second kappa shape index (κ2) is 9.50. The van der Waals surface area contributed by atoms with Crippen molar-refractivity contribution in [3.63, 3.8) is 0 Å². The molecule has 0 radical (unpaired) electrons. The van der Waals surface area contributed by atoms with E-state index in [1.165, 1.54) is 29.6 Å². The Labute approximate surface area is 182 Å². The molecule has 3 rings (SSSR count). The number of nitrogens with one attached hydrogen (secondary N) is 1. The van der Waals surface area contributed by atoms with Crippen LogP contribution in [0.2, 0.25) is 0 Å². The summed E-state index contributed by atoms with van der Waals surface area (Å²) in [5.41, 5.74) is 1.39. The number of hydrogen-bond donors (Lipinski definition) is 1. The van der Waals surface area contributed by atoms with Crippen LogP contribution in [0.25, 0.3) is 6.08 Å². The van der Waals surface area contributed by atoms with Crippen molar-refractivity contribution in [3.05, 3.63) is 49.2 Å². The smallest absolute Gasteiger partial charge is 0.341 e. The molecule has 1 N–H and O–H groups in total. The molecule has 0 fully saturated rings. The van der Waals surface area contributed by atoms with Gasteiger partial charge in [-0.15, -0.1) is 11.3 Å². The lowest BCUT2D eigenvalue weighted by molar-refractivity contribution is -0.380. The molecule has 0 saturated carbocycles. The zero-order chi connectivity index (χ0) is 21.8. The molecule has 0 atom stereocenters. The van der Waals surface area contributed by atoms with Crippen LogP contribution in [0.1, 0.15) is 46.4 Å². The third kappa shape index (κ3) is 4.94. The Balaban J connectivity index is 1.81. The summed E-state index contributed by atoms with van der Waals surface area (Å²) in [5.74, 6) is -0.836. The molecule has 1 aliphatic rings. The van der Waals surface area contributed by atoms with E-state index in [0.717, 1.165) is 41.3 Å². The number of fused-ring (bicyclic) bond motifs is 1. The number of esters is 1. The number of amides is 1. The van der Waals surface area contributed by atoms with Gasteiger partial charge in [-0.3, -0.25) is 19.8 Å². The monoisotopic (exact) mass is 449 g/mol. The highest BCUT2D eigenvalue weighted by atomic mass is 32.1. The molecule has 3 heterocycles. The van der Waals surface area contributed by atoms with Gasteiger partial charge in [0.05, 0.1) is 17.1 Å². The van der Waals surface area contributed by atoms with Crippen LogP contribution in [0.4, 0.5) is 10.0 Å². The van der Waals surface area contributed by atoms with Crippen molar-refractivity contribution in [1.29, 1.82) is 0 Å². The first-order valence-electron chi connectivity index (χ1n) is 9.59. The molecule has 1 aliphatic heterocycles. The molecule has 0 unspecified atom stereocenters. The highest BCUT2D eigenvalue weighted by molar-refractivity contribution is 7.17. The van der Waals surface area contributed by atoms with Crippen LogP contribution in [0.5, 0.6) is 0 Å². The number of thiophene rings is 2. The molecule has 0 saturated heterocycles. The SMILES string of the molecule is CCOC(=O)c1c(NC(=O)C=Cc2ccc([N+](=O)[O-])s2)sc2c1CCN(C(C)C)C2. The predicted molar refractivity (Wildman–Crippen MR) is 118 cm³/mol. The molecule has 0 aromatic carbocycles. The Kier molecular flexibility index (Phi) is 7.01. The summed E-state index contributed by atoms with van der Waals surface area (Å²) in [4.78, 5) is 39.3. The van der Waals surface area contributed by atoms with E-state index >= 15 is 0 Å². The highest BCUT2D eigenvalue weighted by Gasteiger charge is 2.30. The molecule has 8 nitrogen and oxygen atoms in total. The lowest BCUT2D eigenvalue weighted by Gasteiger charge is -2.30. The van der Waals surface area contributed by atoms with E-state index in [0.29, 0.717) is 21.5 Å². The van der Waals surface area contributed by atoms with Crippen molar-refractivity contribution in [2.75, 3.05) is 18.5 Å². The zero-order valence-electron chi connectivity index (χ0n) is 17.0. The van der Waals surface area contributed by atoms with Gasteiger partial charge >= 0.3 is 11.0 Å². The first-order chi connectivity index (χ1) is 14.3. The van der Waals surface area contributed by atoms with Crippen molar-refractivity contribution in [1.82, 2.24) is 4.90 Å². The minimum atomic E-state index is -0.468. The van der Waals surface area contributed by atoms with E-state index in [1.54, 1.807) is 13.0 Å². The minimum Gasteiger partial charge on any atom is -0.462 e. The number of carbonyl (C=O) groups excluding carboxylic acids is 2. The van der Waals surface area contributed by atoms with Gasteiger partial charge in [-0.1, -0.05) is 11.3 Å². The van der Waals surface area contributed by atoms with Gasteiger partial charge in [0, 0.05) is 41.0 Å². The van der Waals surface area contributed by atoms with Gasteiger partial charge in [0.25, 0.3) is 0 Å². The van der Waals surface area contributed by atoms with E-state index < -0.39 is 16.8 Å². The number of ether oxygens (including phenoxy) is 1. The van der Waals surface area contributed by atoms with Crippen LogP contribution in [0.15, 0.2) is 18.2 Å². The second-order valence-electron chi connectivity index (χ2n) is 7.00. The normalized spacial score (nSPS) is 14.1. The topological polar surface area (TPSA) is 102 Å². The first kappa shape index (κ1) is 22.1. The highest BCUT2D eigenvalue weighted by Crippen LogP contribution is 2.38. The summed E-state index contributed by atoms with van der Waals surface area (Å²) in [5, 5.41) is 14.1. The summed E-state index contributed by atoms with van der Waals surface area (Å²) in [6, 6.07) is 3.37. The molecule has 30 heavy (non-hydrogen) atoms. The molecular formula is C20H23N3O5S2. The van der Waals surface area contributed by atoms with Crippen LogP contribution in [-0.2, 0) is 22.5 Å². The number of anilines is 1. The molecule has 160 valence electrons. The number of hydrogen-bond acceptors (Lipinski definition) is 8. The molecule has 10 heteroatoms. The quantitative estimate of drug-likeness (QED) is 0.292. The fraction of sp³-hybridized carbons (Fsp3) is 0.400. The van der Waals surface area contributed by atoms with E-state index in [1.807, 2.05) is 0 Å². The summed E-state index contributed by atoms with van der Waals surface area (Å²) in [6.07, 6.45) is 3.55. The first-order valence-corrected chi connectivity index (χ1v) is 11.2. The Bertz CT molecular complexity index is 993. The molecule has 0 bridgehead atoms. The summed E-state index contributed by atoms with van der Waals surface area (Å²) >= 11 is 2.39. The van der Waals surface area contributed by atoms with Crippen molar-refractivity contribution in [2.45, 2.75) is 39.8 Å². The maximum absolute atomic E-state index is 12.6. The second-order valence-corrected chi connectivity index (χ2v) is 9.20. The van der Waals surface area contributed by atoms with Gasteiger partial charge in [-0.05, 0) is 44.9 Å². The van der Waals surface area contributed by atoms with Crippen molar-refractivity contribution in [3.8, 4) is 0 Å². The summed E-state index contributed by atoms with van der Waals surface area (Å²) < 4.78 is 5.23. The molecular weight excluding hydrogens is 426 g/mol.